The average Bonchev–Trinajstić information content (AvgIpc) is 3.32. The smallest absolute Gasteiger partial charge is 0.550 e. The molecule has 0 bridgehead atoms. The van der Waals surface area contributed by atoms with Crippen LogP contribution in [-0.2, 0) is 39.2 Å². The van der Waals surface area contributed by atoms with Gasteiger partial charge in [-0.3, -0.25) is 9.98 Å². The number of phenols is 2. The zero-order chi connectivity index (χ0) is 30.9. The summed E-state index contributed by atoms with van der Waals surface area (Å²) in [5.41, 5.74) is 4.02. The number of carboxylic acid groups (broad SMARTS) is 2. The van der Waals surface area contributed by atoms with Crippen molar-refractivity contribution in [3.05, 3.63) is 58.7 Å². The van der Waals surface area contributed by atoms with Crippen LogP contribution in [0.5, 0.6) is 11.5 Å². The van der Waals surface area contributed by atoms with Gasteiger partial charge in [0.15, 0.2) is 0 Å². The third kappa shape index (κ3) is 16.9. The number of aryl methyl sites for hydroxylation is 2. The van der Waals surface area contributed by atoms with Gasteiger partial charge in [0.2, 0.25) is 0 Å². The molecule has 2 unspecified atom stereocenters. The van der Waals surface area contributed by atoms with Gasteiger partial charge >= 0.3 is 16.8 Å². The molecule has 1 saturated carbocycles. The summed E-state index contributed by atoms with van der Waals surface area (Å²) in [7, 11) is 0. The van der Waals surface area contributed by atoms with Crippen molar-refractivity contribution in [2.75, 3.05) is 0 Å². The van der Waals surface area contributed by atoms with Crippen LogP contribution in [0.15, 0.2) is 46.4 Å². The Morgan fingerprint density at radius 3 is 1.43 bits per heavy atom. The summed E-state index contributed by atoms with van der Waals surface area (Å²) in [5, 5.41) is 38.4. The van der Waals surface area contributed by atoms with E-state index in [1.807, 2.05) is 24.6 Å². The molecule has 0 spiro atoms. The van der Waals surface area contributed by atoms with Gasteiger partial charge in [-0.25, -0.2) is 0 Å². The molecule has 3 rings (SSSR count). The number of carbonyl (C=O) groups is 2. The molecule has 233 valence electrons. The fraction of sp³-hybridized carbons (Fsp3) is 0.515. The Hall–Kier alpha value is -3.17. The number of nitrogens with zero attached hydrogens (tertiary/aromatic N) is 2. The van der Waals surface area contributed by atoms with E-state index < -0.39 is 11.9 Å². The van der Waals surface area contributed by atoms with E-state index in [2.05, 4.69) is 39.8 Å². The fourth-order valence-electron chi connectivity index (χ4n) is 4.26. The first-order chi connectivity index (χ1) is 19.3. The Bertz CT molecular complexity index is 1070. The molecule has 0 aliphatic heterocycles. The minimum absolute atomic E-state index is 0. The van der Waals surface area contributed by atoms with E-state index >= 15 is 0 Å². The van der Waals surface area contributed by atoms with Crippen molar-refractivity contribution >= 4 is 24.4 Å². The van der Waals surface area contributed by atoms with E-state index in [4.69, 9.17) is 29.8 Å². The SMILES string of the molecule is CC(=O)[O-].CC(=O)[O-].CC(C)CCc1ccc(O)c(C=NC2CCCC2N=Cc2cc(CCC(C)C)ccc2O)c1.[Co+2]. The van der Waals surface area contributed by atoms with Crippen molar-refractivity contribution in [3.8, 4) is 11.5 Å². The van der Waals surface area contributed by atoms with E-state index in [-0.39, 0.29) is 40.4 Å². The predicted octanol–water partition coefficient (Wildman–Crippen LogP) is 4.24. The molecule has 1 aliphatic carbocycles. The first kappa shape index (κ1) is 38.8. The molecule has 2 N–H and O–H groups in total. The minimum atomic E-state index is -1.08. The van der Waals surface area contributed by atoms with Gasteiger partial charge in [0.05, 0.1) is 12.1 Å². The van der Waals surface area contributed by atoms with E-state index in [0.29, 0.717) is 11.8 Å². The Labute approximate surface area is 261 Å². The molecule has 8 nitrogen and oxygen atoms in total. The summed E-state index contributed by atoms with van der Waals surface area (Å²) in [6.07, 6.45) is 11.0. The molecule has 0 saturated heterocycles. The summed E-state index contributed by atoms with van der Waals surface area (Å²) in [4.78, 5) is 27.4. The molecule has 9 heteroatoms. The summed E-state index contributed by atoms with van der Waals surface area (Å²) in [5.74, 6) is -0.312. The zero-order valence-corrected chi connectivity index (χ0v) is 26.7. The van der Waals surface area contributed by atoms with Crippen molar-refractivity contribution < 1.29 is 46.8 Å². The number of benzene rings is 2. The minimum Gasteiger partial charge on any atom is -0.550 e. The molecular formula is C33H46CoN2O6. The number of carbonyl (C=O) groups excluding carboxylic acids is 2. The topological polar surface area (TPSA) is 145 Å². The largest absolute Gasteiger partial charge is 2.00 e. The summed E-state index contributed by atoms with van der Waals surface area (Å²) in [6.45, 7) is 10.9. The summed E-state index contributed by atoms with van der Waals surface area (Å²) >= 11 is 0. The molecule has 0 heterocycles. The van der Waals surface area contributed by atoms with Crippen molar-refractivity contribution in [1.29, 1.82) is 0 Å². The Balaban J connectivity index is 0.00000166. The van der Waals surface area contributed by atoms with Crippen LogP contribution < -0.4 is 10.2 Å². The standard InChI is InChI=1S/C29H40N2O2.2C2H4O2.Co/c1-20(2)8-10-22-12-14-28(32)24(16-22)18-30-26-6-5-7-27(26)31-19-25-17-23(11-9-21(3)4)13-15-29(25)33;2*1-2(3)4;/h12-21,26-27,32-33H,5-11H2,1-4H3;2*1H3,(H,3,4);/q;;;+2/p-2. The fourth-order valence-corrected chi connectivity index (χ4v) is 4.26. The van der Waals surface area contributed by atoms with Gasteiger partial charge in [-0.2, -0.15) is 0 Å². The average molecular weight is 626 g/mol. The molecule has 1 radical (unpaired) electrons. The quantitative estimate of drug-likeness (QED) is 0.378. The number of aliphatic imine (C=N–C) groups is 2. The maximum absolute atomic E-state index is 10.3. The molecule has 0 aromatic heterocycles. The van der Waals surface area contributed by atoms with E-state index in [1.165, 1.54) is 11.1 Å². The zero-order valence-electron chi connectivity index (χ0n) is 25.6. The van der Waals surface area contributed by atoms with Crippen LogP contribution in [-0.4, -0.2) is 46.7 Å². The number of hydrogen-bond donors (Lipinski definition) is 2. The monoisotopic (exact) mass is 625 g/mol. The number of hydrogen-bond acceptors (Lipinski definition) is 8. The predicted molar refractivity (Wildman–Crippen MR) is 161 cm³/mol. The van der Waals surface area contributed by atoms with Crippen LogP contribution in [0.2, 0.25) is 0 Å². The Morgan fingerprint density at radius 1 is 0.786 bits per heavy atom. The van der Waals surface area contributed by atoms with Crippen LogP contribution in [0, 0.1) is 11.8 Å². The first-order valence-electron chi connectivity index (χ1n) is 14.3. The number of carboxylic acids is 2. The van der Waals surface area contributed by atoms with Crippen molar-refractivity contribution in [2.45, 2.75) is 98.6 Å². The van der Waals surface area contributed by atoms with Gasteiger partial charge in [0.25, 0.3) is 0 Å². The molecule has 1 fully saturated rings. The van der Waals surface area contributed by atoms with Crippen molar-refractivity contribution in [3.63, 3.8) is 0 Å². The van der Waals surface area contributed by atoms with Crippen molar-refractivity contribution in [2.24, 2.45) is 21.8 Å². The van der Waals surface area contributed by atoms with Gasteiger partial charge in [0.1, 0.15) is 11.5 Å². The van der Waals surface area contributed by atoms with Gasteiger partial charge in [0, 0.05) is 35.5 Å². The maximum Gasteiger partial charge on any atom is 2.00 e. The molecule has 2 aromatic carbocycles. The molecule has 1 aliphatic rings. The number of rotatable bonds is 10. The van der Waals surface area contributed by atoms with Crippen LogP contribution in [0.25, 0.3) is 0 Å². The summed E-state index contributed by atoms with van der Waals surface area (Å²) in [6, 6.07) is 11.9. The number of aromatic hydroxyl groups is 2. The third-order valence-electron chi connectivity index (χ3n) is 6.46. The molecule has 2 atom stereocenters. The van der Waals surface area contributed by atoms with Crippen LogP contribution in [0.4, 0.5) is 0 Å². The van der Waals surface area contributed by atoms with Gasteiger partial charge in [-0.15, -0.1) is 0 Å². The Kier molecular flexibility index (Phi) is 19.1. The second-order valence-corrected chi connectivity index (χ2v) is 11.3. The molecule has 0 amide bonds. The van der Waals surface area contributed by atoms with Crippen LogP contribution >= 0.6 is 0 Å². The second-order valence-electron chi connectivity index (χ2n) is 11.3. The second kappa shape index (κ2) is 20.7. The van der Waals surface area contributed by atoms with Gasteiger partial charge in [-0.05, 0) is 106 Å². The van der Waals surface area contributed by atoms with E-state index in [9.17, 15) is 10.2 Å². The summed E-state index contributed by atoms with van der Waals surface area (Å²) < 4.78 is 0. The number of aliphatic carboxylic acids is 2. The van der Waals surface area contributed by atoms with Crippen LogP contribution in [0.1, 0.15) is 95.9 Å². The Morgan fingerprint density at radius 2 is 1.12 bits per heavy atom. The maximum atomic E-state index is 10.3. The molecule has 2 aromatic rings. The van der Waals surface area contributed by atoms with E-state index in [1.54, 1.807) is 12.1 Å². The third-order valence-corrected chi connectivity index (χ3v) is 6.46. The normalized spacial score (nSPS) is 16.1. The van der Waals surface area contributed by atoms with Gasteiger partial charge in [-0.1, -0.05) is 39.8 Å². The van der Waals surface area contributed by atoms with Gasteiger partial charge < -0.3 is 30.0 Å². The molecular weight excluding hydrogens is 579 g/mol. The molecule has 42 heavy (non-hydrogen) atoms. The first-order valence-corrected chi connectivity index (χ1v) is 14.3. The van der Waals surface area contributed by atoms with Crippen LogP contribution in [0.3, 0.4) is 0 Å². The number of phenolic OH excluding ortho intramolecular Hbond substituents is 2. The van der Waals surface area contributed by atoms with E-state index in [0.717, 1.165) is 69.9 Å². The van der Waals surface area contributed by atoms with Crippen molar-refractivity contribution in [1.82, 2.24) is 0 Å².